The predicted octanol–water partition coefficient (Wildman–Crippen LogP) is 3.25. The maximum Gasteiger partial charge on any atom is 0.309 e. The van der Waals surface area contributed by atoms with E-state index in [1.165, 1.54) is 12.1 Å². The van der Waals surface area contributed by atoms with E-state index < -0.39 is 23.0 Å². The molecule has 0 bridgehead atoms. The van der Waals surface area contributed by atoms with Gasteiger partial charge in [0.2, 0.25) is 0 Å². The first kappa shape index (κ1) is 13.6. The van der Waals surface area contributed by atoms with Crippen molar-refractivity contribution in [2.75, 3.05) is 0 Å². The molecule has 0 fully saturated rings. The van der Waals surface area contributed by atoms with Crippen LogP contribution in [0.2, 0.25) is 0 Å². The molecular weight excluding hydrogens is 226 g/mol. The van der Waals surface area contributed by atoms with E-state index in [4.69, 9.17) is 0 Å². The lowest BCUT2D eigenvalue weighted by atomic mass is 9.74. The van der Waals surface area contributed by atoms with E-state index in [2.05, 4.69) is 0 Å². The lowest BCUT2D eigenvalue weighted by Gasteiger charge is -2.29. The Morgan fingerprint density at radius 3 is 2.47 bits per heavy atom. The molecule has 4 heteroatoms. The van der Waals surface area contributed by atoms with Crippen molar-refractivity contribution in [3.05, 3.63) is 35.4 Å². The Labute approximate surface area is 99.3 Å². The van der Waals surface area contributed by atoms with Crippen molar-refractivity contribution in [1.82, 2.24) is 0 Å². The van der Waals surface area contributed by atoms with Gasteiger partial charge in [0.1, 0.15) is 0 Å². The van der Waals surface area contributed by atoms with Crippen molar-refractivity contribution in [3.63, 3.8) is 0 Å². The van der Waals surface area contributed by atoms with Gasteiger partial charge in [0.15, 0.2) is 11.6 Å². The van der Waals surface area contributed by atoms with Crippen LogP contribution in [0.15, 0.2) is 18.2 Å². The third kappa shape index (κ3) is 2.62. The minimum Gasteiger partial charge on any atom is -0.481 e. The summed E-state index contributed by atoms with van der Waals surface area (Å²) in [6.07, 6.45) is -0.0242. The highest BCUT2D eigenvalue weighted by atomic mass is 19.2. The van der Waals surface area contributed by atoms with Crippen LogP contribution in [-0.4, -0.2) is 11.1 Å². The number of hydrogen-bond donors (Lipinski definition) is 1. The first-order valence-electron chi connectivity index (χ1n) is 5.45. The number of halogens is 2. The Morgan fingerprint density at radius 2 is 2.00 bits per heavy atom. The Hall–Kier alpha value is -1.45. The predicted molar refractivity (Wildman–Crippen MR) is 60.6 cm³/mol. The van der Waals surface area contributed by atoms with Gasteiger partial charge in [-0.2, -0.15) is 0 Å². The van der Waals surface area contributed by atoms with Crippen molar-refractivity contribution >= 4 is 5.97 Å². The fourth-order valence-corrected chi connectivity index (χ4v) is 1.61. The van der Waals surface area contributed by atoms with Crippen LogP contribution in [0.1, 0.15) is 26.3 Å². The van der Waals surface area contributed by atoms with Gasteiger partial charge in [-0.15, -0.1) is 0 Å². The van der Waals surface area contributed by atoms with Crippen molar-refractivity contribution in [2.45, 2.75) is 27.2 Å². The molecule has 1 aromatic rings. The summed E-state index contributed by atoms with van der Waals surface area (Å²) >= 11 is 0. The van der Waals surface area contributed by atoms with Gasteiger partial charge in [0.05, 0.1) is 5.41 Å². The molecule has 0 heterocycles. The molecule has 0 saturated carbocycles. The van der Waals surface area contributed by atoms with E-state index in [1.54, 1.807) is 20.8 Å². The highest BCUT2D eigenvalue weighted by Crippen LogP contribution is 2.32. The molecule has 1 atom stereocenters. The first-order chi connectivity index (χ1) is 7.79. The summed E-state index contributed by atoms with van der Waals surface area (Å²) in [6, 6.07) is 3.82. The SMILES string of the molecule is CC(C)C(C)(Cc1cccc(F)c1F)C(=O)O. The fourth-order valence-electron chi connectivity index (χ4n) is 1.61. The topological polar surface area (TPSA) is 37.3 Å². The van der Waals surface area contributed by atoms with Crippen molar-refractivity contribution in [2.24, 2.45) is 11.3 Å². The summed E-state index contributed by atoms with van der Waals surface area (Å²) in [6.45, 7) is 5.06. The number of carboxylic acid groups (broad SMARTS) is 1. The second kappa shape index (κ2) is 4.82. The Balaban J connectivity index is 3.11. The van der Waals surface area contributed by atoms with Crippen molar-refractivity contribution in [3.8, 4) is 0 Å². The molecule has 0 aliphatic rings. The lowest BCUT2D eigenvalue weighted by Crippen LogP contribution is -2.35. The maximum atomic E-state index is 13.5. The quantitative estimate of drug-likeness (QED) is 0.879. The molecule has 1 rings (SSSR count). The number of benzene rings is 1. The van der Waals surface area contributed by atoms with Gasteiger partial charge < -0.3 is 5.11 Å². The number of rotatable bonds is 4. The van der Waals surface area contributed by atoms with E-state index in [1.807, 2.05) is 0 Å². The van der Waals surface area contributed by atoms with Gasteiger partial charge in [-0.3, -0.25) is 4.79 Å². The minimum absolute atomic E-state index is 0.0242. The Morgan fingerprint density at radius 1 is 1.41 bits per heavy atom. The number of hydrogen-bond acceptors (Lipinski definition) is 1. The Kier molecular flexibility index (Phi) is 3.86. The van der Waals surface area contributed by atoms with Gasteiger partial charge in [0.25, 0.3) is 0 Å². The zero-order valence-electron chi connectivity index (χ0n) is 10.1. The smallest absolute Gasteiger partial charge is 0.309 e. The molecule has 1 unspecified atom stereocenters. The van der Waals surface area contributed by atoms with Crippen LogP contribution in [0.5, 0.6) is 0 Å². The molecule has 0 spiro atoms. The van der Waals surface area contributed by atoms with Crippen LogP contribution in [0.3, 0.4) is 0 Å². The molecule has 1 aromatic carbocycles. The highest BCUT2D eigenvalue weighted by molar-refractivity contribution is 5.75. The minimum atomic E-state index is -1.10. The summed E-state index contributed by atoms with van der Waals surface area (Å²) < 4.78 is 26.5. The van der Waals surface area contributed by atoms with E-state index >= 15 is 0 Å². The van der Waals surface area contributed by atoms with E-state index in [0.29, 0.717) is 0 Å². The van der Waals surface area contributed by atoms with Gasteiger partial charge >= 0.3 is 5.97 Å². The lowest BCUT2D eigenvalue weighted by molar-refractivity contribution is -0.150. The van der Waals surface area contributed by atoms with Gasteiger partial charge in [-0.25, -0.2) is 8.78 Å². The molecular formula is C13H16F2O2. The second-order valence-electron chi connectivity index (χ2n) is 4.77. The van der Waals surface area contributed by atoms with Crippen molar-refractivity contribution in [1.29, 1.82) is 0 Å². The Bertz CT molecular complexity index is 429. The molecule has 17 heavy (non-hydrogen) atoms. The summed E-state index contributed by atoms with van der Waals surface area (Å²) in [7, 11) is 0. The van der Waals surface area contributed by atoms with E-state index in [0.717, 1.165) is 6.07 Å². The summed E-state index contributed by atoms with van der Waals surface area (Å²) in [4.78, 5) is 11.2. The summed E-state index contributed by atoms with van der Waals surface area (Å²) in [5.74, 6) is -3.08. The molecule has 0 amide bonds. The van der Waals surface area contributed by atoms with E-state index in [-0.39, 0.29) is 17.9 Å². The summed E-state index contributed by atoms with van der Waals surface area (Å²) in [5.41, 5.74) is -1.00. The van der Waals surface area contributed by atoms with Crippen LogP contribution in [0.4, 0.5) is 8.78 Å². The largest absolute Gasteiger partial charge is 0.481 e. The molecule has 0 aromatic heterocycles. The standard InChI is InChI=1S/C13H16F2O2/c1-8(2)13(3,12(16)17)7-9-5-4-6-10(14)11(9)15/h4-6,8H,7H2,1-3H3,(H,16,17). The molecule has 0 aliphatic heterocycles. The van der Waals surface area contributed by atoms with Gasteiger partial charge in [-0.05, 0) is 30.9 Å². The van der Waals surface area contributed by atoms with Gasteiger partial charge in [-0.1, -0.05) is 26.0 Å². The maximum absolute atomic E-state index is 13.5. The molecule has 0 radical (unpaired) electrons. The molecule has 0 aliphatic carbocycles. The van der Waals surface area contributed by atoms with Crippen molar-refractivity contribution < 1.29 is 18.7 Å². The average molecular weight is 242 g/mol. The molecule has 2 nitrogen and oxygen atoms in total. The fraction of sp³-hybridized carbons (Fsp3) is 0.462. The zero-order valence-corrected chi connectivity index (χ0v) is 10.1. The average Bonchev–Trinajstić information content (AvgIpc) is 2.24. The van der Waals surface area contributed by atoms with Crippen LogP contribution < -0.4 is 0 Å². The molecule has 1 N–H and O–H groups in total. The zero-order chi connectivity index (χ0) is 13.2. The second-order valence-corrected chi connectivity index (χ2v) is 4.77. The van der Waals surface area contributed by atoms with Crippen LogP contribution in [0.25, 0.3) is 0 Å². The molecule has 94 valence electrons. The number of carboxylic acids is 1. The third-order valence-corrected chi connectivity index (χ3v) is 3.35. The summed E-state index contributed by atoms with van der Waals surface area (Å²) in [5, 5.41) is 9.21. The van der Waals surface area contributed by atoms with Gasteiger partial charge in [0, 0.05) is 0 Å². The monoisotopic (exact) mass is 242 g/mol. The third-order valence-electron chi connectivity index (χ3n) is 3.35. The van der Waals surface area contributed by atoms with Crippen LogP contribution >= 0.6 is 0 Å². The molecule has 0 saturated heterocycles. The first-order valence-corrected chi connectivity index (χ1v) is 5.45. The van der Waals surface area contributed by atoms with E-state index in [9.17, 15) is 18.7 Å². The number of aliphatic carboxylic acids is 1. The number of carbonyl (C=O) groups is 1. The highest BCUT2D eigenvalue weighted by Gasteiger charge is 2.37. The van der Waals surface area contributed by atoms with Crippen LogP contribution in [-0.2, 0) is 11.2 Å². The van der Waals surface area contributed by atoms with Crippen LogP contribution in [0, 0.1) is 23.0 Å². The normalized spacial score (nSPS) is 14.7.